The van der Waals surface area contributed by atoms with Gasteiger partial charge in [-0.1, -0.05) is 25.6 Å². The number of carbonyl (C=O) groups is 1. The number of hydrogen-bond acceptors (Lipinski definition) is 6. The number of nitrogens with zero attached hydrogens (tertiary/aromatic N) is 3. The van der Waals surface area contributed by atoms with E-state index < -0.39 is 5.92 Å². The number of nitrogens with one attached hydrogen (secondary N) is 2. The van der Waals surface area contributed by atoms with Crippen molar-refractivity contribution in [3.63, 3.8) is 0 Å². The number of hydrogen-bond donors (Lipinski definition) is 2. The van der Waals surface area contributed by atoms with Gasteiger partial charge in [-0.05, 0) is 6.92 Å². The normalized spacial score (nSPS) is 12.2. The van der Waals surface area contributed by atoms with E-state index in [1.165, 1.54) is 18.7 Å². The minimum absolute atomic E-state index is 0.0703. The number of H-pyrrole nitrogens is 1. The fourth-order valence-electron chi connectivity index (χ4n) is 1.21. The monoisotopic (exact) mass is 265 g/mol. The standard InChI is InChI=1S/C11H15N5OS/c1-6(2)10-14-11(16-15-10)18-5-9(17)8(4-12)7(3)13/h6,8,13H,5H2,1-3H3,(H,14,15,16)/t8-/m0/s1. The van der Waals surface area contributed by atoms with Crippen LogP contribution in [0.25, 0.3) is 0 Å². The Balaban J connectivity index is 2.57. The van der Waals surface area contributed by atoms with Crippen LogP contribution in [0.2, 0.25) is 0 Å². The highest BCUT2D eigenvalue weighted by Crippen LogP contribution is 2.17. The van der Waals surface area contributed by atoms with Crippen molar-refractivity contribution in [1.82, 2.24) is 15.2 Å². The van der Waals surface area contributed by atoms with Crippen molar-refractivity contribution in [2.45, 2.75) is 31.8 Å². The molecule has 0 aromatic carbocycles. The predicted octanol–water partition coefficient (Wildman–Crippen LogP) is 1.77. The predicted molar refractivity (Wildman–Crippen MR) is 68.7 cm³/mol. The first-order valence-electron chi connectivity index (χ1n) is 5.48. The number of aromatic amines is 1. The molecule has 2 N–H and O–H groups in total. The van der Waals surface area contributed by atoms with Gasteiger partial charge in [-0.15, -0.1) is 5.10 Å². The molecule has 0 aliphatic rings. The smallest absolute Gasteiger partial charge is 0.208 e. The maximum atomic E-state index is 11.7. The fourth-order valence-corrected chi connectivity index (χ4v) is 1.92. The van der Waals surface area contributed by atoms with Crippen molar-refractivity contribution >= 4 is 23.3 Å². The first kappa shape index (κ1) is 14.4. The van der Waals surface area contributed by atoms with Crippen LogP contribution in [-0.4, -0.2) is 32.4 Å². The lowest BCUT2D eigenvalue weighted by molar-refractivity contribution is -0.117. The van der Waals surface area contributed by atoms with Crippen molar-refractivity contribution in [2.75, 3.05) is 5.75 Å². The van der Waals surface area contributed by atoms with Crippen molar-refractivity contribution in [1.29, 1.82) is 10.7 Å². The zero-order chi connectivity index (χ0) is 13.7. The van der Waals surface area contributed by atoms with Crippen LogP contribution in [0.15, 0.2) is 5.16 Å². The van der Waals surface area contributed by atoms with E-state index in [0.717, 1.165) is 5.82 Å². The molecule has 1 atom stereocenters. The molecule has 0 bridgehead atoms. The molecule has 18 heavy (non-hydrogen) atoms. The van der Waals surface area contributed by atoms with Crippen LogP contribution in [-0.2, 0) is 4.79 Å². The molecule has 0 fully saturated rings. The molecular weight excluding hydrogens is 250 g/mol. The summed E-state index contributed by atoms with van der Waals surface area (Å²) in [6.07, 6.45) is 0. The summed E-state index contributed by atoms with van der Waals surface area (Å²) >= 11 is 1.18. The van der Waals surface area contributed by atoms with E-state index in [1.807, 2.05) is 19.9 Å². The third kappa shape index (κ3) is 3.67. The minimum atomic E-state index is -0.957. The average Bonchev–Trinajstić information content (AvgIpc) is 2.75. The topological polar surface area (TPSA) is 106 Å². The van der Waals surface area contributed by atoms with Gasteiger partial charge in [0.15, 0.2) is 5.78 Å². The maximum absolute atomic E-state index is 11.7. The highest BCUT2D eigenvalue weighted by Gasteiger charge is 2.20. The number of nitriles is 1. The molecule has 1 aromatic heterocycles. The van der Waals surface area contributed by atoms with Crippen molar-refractivity contribution < 1.29 is 4.79 Å². The zero-order valence-electron chi connectivity index (χ0n) is 10.5. The fraction of sp³-hybridized carbons (Fsp3) is 0.545. The van der Waals surface area contributed by atoms with E-state index in [-0.39, 0.29) is 23.2 Å². The van der Waals surface area contributed by atoms with Gasteiger partial charge >= 0.3 is 0 Å². The van der Waals surface area contributed by atoms with Gasteiger partial charge in [0.25, 0.3) is 0 Å². The summed E-state index contributed by atoms with van der Waals surface area (Å²) in [6.45, 7) is 5.44. The second-order valence-corrected chi connectivity index (χ2v) is 5.10. The molecule has 0 aliphatic heterocycles. The van der Waals surface area contributed by atoms with E-state index in [0.29, 0.717) is 5.16 Å². The number of Topliss-reactive ketones (excluding diaryl/α,β-unsaturated/α-hetero) is 1. The van der Waals surface area contributed by atoms with Crippen LogP contribution >= 0.6 is 11.8 Å². The number of rotatable bonds is 6. The quantitative estimate of drug-likeness (QED) is 0.602. The Bertz CT molecular complexity index is 488. The van der Waals surface area contributed by atoms with E-state index in [2.05, 4.69) is 15.2 Å². The molecule has 1 aromatic rings. The van der Waals surface area contributed by atoms with Gasteiger partial charge in [-0.2, -0.15) is 5.26 Å². The molecule has 7 heteroatoms. The largest absolute Gasteiger partial charge is 0.308 e. The average molecular weight is 265 g/mol. The van der Waals surface area contributed by atoms with Crippen LogP contribution in [0, 0.1) is 22.7 Å². The van der Waals surface area contributed by atoms with Crippen molar-refractivity contribution in [3.05, 3.63) is 5.82 Å². The Kier molecular flexibility index (Phi) is 5.04. The summed E-state index contributed by atoms with van der Waals surface area (Å²) in [7, 11) is 0. The molecular formula is C11H15N5OS. The molecule has 0 radical (unpaired) electrons. The van der Waals surface area contributed by atoms with Gasteiger partial charge in [0.1, 0.15) is 11.7 Å². The van der Waals surface area contributed by atoms with Crippen LogP contribution in [0.4, 0.5) is 0 Å². The number of carbonyl (C=O) groups excluding carboxylic acids is 1. The second kappa shape index (κ2) is 6.31. The SMILES string of the molecule is CC(=N)[C@H](C#N)C(=O)CSc1n[nH]c(C(C)C)n1. The first-order chi connectivity index (χ1) is 8.45. The Morgan fingerprint density at radius 1 is 1.61 bits per heavy atom. The lowest BCUT2D eigenvalue weighted by Gasteiger charge is -2.03. The first-order valence-corrected chi connectivity index (χ1v) is 6.46. The molecule has 0 aliphatic carbocycles. The molecule has 0 saturated heterocycles. The molecule has 1 rings (SSSR count). The van der Waals surface area contributed by atoms with Gasteiger partial charge in [0.2, 0.25) is 5.16 Å². The Hall–Kier alpha value is -1.68. The number of ketones is 1. The summed E-state index contributed by atoms with van der Waals surface area (Å²) in [6, 6.07) is 1.82. The Labute approximate surface area is 110 Å². The van der Waals surface area contributed by atoms with E-state index in [4.69, 9.17) is 10.7 Å². The Morgan fingerprint density at radius 3 is 2.72 bits per heavy atom. The molecule has 0 saturated carbocycles. The van der Waals surface area contributed by atoms with Gasteiger partial charge < -0.3 is 5.41 Å². The summed E-state index contributed by atoms with van der Waals surface area (Å²) in [5.74, 6) is -0.126. The van der Waals surface area contributed by atoms with Crippen molar-refractivity contribution in [3.8, 4) is 6.07 Å². The third-order valence-corrected chi connectivity index (χ3v) is 3.13. The molecule has 0 amide bonds. The minimum Gasteiger partial charge on any atom is -0.308 e. The zero-order valence-corrected chi connectivity index (χ0v) is 11.3. The summed E-state index contributed by atoms with van der Waals surface area (Å²) in [4.78, 5) is 15.9. The van der Waals surface area contributed by atoms with Gasteiger partial charge in [-0.25, -0.2) is 4.98 Å². The van der Waals surface area contributed by atoms with E-state index in [9.17, 15) is 4.79 Å². The molecule has 6 nitrogen and oxygen atoms in total. The number of thioether (sulfide) groups is 1. The van der Waals surface area contributed by atoms with Crippen molar-refractivity contribution in [2.24, 2.45) is 5.92 Å². The van der Waals surface area contributed by atoms with Crippen LogP contribution < -0.4 is 0 Å². The second-order valence-electron chi connectivity index (χ2n) is 4.16. The summed E-state index contributed by atoms with van der Waals surface area (Å²) in [5.41, 5.74) is 0.0703. The molecule has 1 heterocycles. The molecule has 0 unspecified atom stereocenters. The molecule has 0 spiro atoms. The van der Waals surface area contributed by atoms with Gasteiger partial charge in [-0.3, -0.25) is 9.89 Å². The lowest BCUT2D eigenvalue weighted by atomic mass is 10.0. The Morgan fingerprint density at radius 2 is 2.28 bits per heavy atom. The maximum Gasteiger partial charge on any atom is 0.208 e. The highest BCUT2D eigenvalue weighted by atomic mass is 32.2. The summed E-state index contributed by atoms with van der Waals surface area (Å²) < 4.78 is 0. The molecule has 96 valence electrons. The van der Waals surface area contributed by atoms with Crippen LogP contribution in [0.5, 0.6) is 0 Å². The van der Waals surface area contributed by atoms with E-state index in [1.54, 1.807) is 0 Å². The van der Waals surface area contributed by atoms with Crippen LogP contribution in [0.3, 0.4) is 0 Å². The lowest BCUT2D eigenvalue weighted by Crippen LogP contribution is -2.21. The van der Waals surface area contributed by atoms with Crippen LogP contribution in [0.1, 0.15) is 32.5 Å². The highest BCUT2D eigenvalue weighted by molar-refractivity contribution is 7.99. The summed E-state index contributed by atoms with van der Waals surface area (Å²) in [5, 5.41) is 23.4. The van der Waals surface area contributed by atoms with Gasteiger partial charge in [0.05, 0.1) is 11.8 Å². The van der Waals surface area contributed by atoms with E-state index >= 15 is 0 Å². The van der Waals surface area contributed by atoms with Gasteiger partial charge in [0, 0.05) is 11.6 Å². The number of aromatic nitrogens is 3. The third-order valence-electron chi connectivity index (χ3n) is 2.26.